The molecule has 1 aliphatic heterocycles. The summed E-state index contributed by atoms with van der Waals surface area (Å²) in [6.45, 7) is 4.59. The zero-order valence-electron chi connectivity index (χ0n) is 18.5. The second kappa shape index (κ2) is 9.77. The smallest absolute Gasteiger partial charge is 0.358 e. The van der Waals surface area contributed by atoms with Gasteiger partial charge in [0.2, 0.25) is 5.91 Å². The molecule has 10 heteroatoms. The van der Waals surface area contributed by atoms with Gasteiger partial charge in [-0.15, -0.1) is 0 Å². The van der Waals surface area contributed by atoms with Crippen molar-refractivity contribution in [1.82, 2.24) is 14.8 Å². The number of hydrogen-bond acceptors (Lipinski definition) is 4. The van der Waals surface area contributed by atoms with Crippen LogP contribution in [-0.2, 0) is 11.0 Å². The SMILES string of the molecule is Cc1[nH]c2ccccc2c1C(=O)CN1CCN(CC(=O)Nc2ccc(Cl)c(C(F)(F)F)c2)CC1. The largest absolute Gasteiger partial charge is 0.417 e. The predicted molar refractivity (Wildman–Crippen MR) is 125 cm³/mol. The molecular formula is C24H24ClF3N4O2. The van der Waals surface area contributed by atoms with Crippen LogP contribution in [-0.4, -0.2) is 65.7 Å². The maximum absolute atomic E-state index is 13.0. The van der Waals surface area contributed by atoms with E-state index in [0.29, 0.717) is 31.7 Å². The minimum Gasteiger partial charge on any atom is -0.358 e. The van der Waals surface area contributed by atoms with Gasteiger partial charge in [0.15, 0.2) is 5.78 Å². The van der Waals surface area contributed by atoms with E-state index in [4.69, 9.17) is 11.6 Å². The number of benzene rings is 2. The molecule has 0 radical (unpaired) electrons. The van der Waals surface area contributed by atoms with Gasteiger partial charge in [-0.2, -0.15) is 13.2 Å². The van der Waals surface area contributed by atoms with E-state index < -0.39 is 22.7 Å². The van der Waals surface area contributed by atoms with Crippen molar-refractivity contribution in [2.45, 2.75) is 13.1 Å². The molecule has 0 saturated carbocycles. The predicted octanol–water partition coefficient (Wildman–Crippen LogP) is 4.59. The van der Waals surface area contributed by atoms with E-state index in [1.807, 2.05) is 41.0 Å². The maximum atomic E-state index is 13.0. The first kappa shape index (κ1) is 24.3. The third-order valence-electron chi connectivity index (χ3n) is 5.93. The number of carbonyl (C=O) groups is 2. The maximum Gasteiger partial charge on any atom is 0.417 e. The van der Waals surface area contributed by atoms with Gasteiger partial charge in [-0.3, -0.25) is 19.4 Å². The number of para-hydroxylation sites is 1. The number of piperazine rings is 1. The van der Waals surface area contributed by atoms with Crippen LogP contribution in [0.1, 0.15) is 21.6 Å². The first-order valence-corrected chi connectivity index (χ1v) is 11.2. The number of halogens is 4. The summed E-state index contributed by atoms with van der Waals surface area (Å²) >= 11 is 5.62. The van der Waals surface area contributed by atoms with E-state index >= 15 is 0 Å². The van der Waals surface area contributed by atoms with Crippen molar-refractivity contribution in [3.63, 3.8) is 0 Å². The number of H-pyrrole nitrogens is 1. The number of aryl methyl sites for hydroxylation is 1. The Labute approximate surface area is 199 Å². The van der Waals surface area contributed by atoms with Crippen molar-refractivity contribution in [3.05, 3.63) is 64.3 Å². The van der Waals surface area contributed by atoms with Gasteiger partial charge in [0.25, 0.3) is 0 Å². The van der Waals surface area contributed by atoms with Crippen LogP contribution in [0.2, 0.25) is 5.02 Å². The van der Waals surface area contributed by atoms with Crippen molar-refractivity contribution in [1.29, 1.82) is 0 Å². The van der Waals surface area contributed by atoms with Crippen LogP contribution in [0.25, 0.3) is 10.9 Å². The molecule has 0 spiro atoms. The summed E-state index contributed by atoms with van der Waals surface area (Å²) in [5.41, 5.74) is 1.54. The van der Waals surface area contributed by atoms with E-state index in [1.54, 1.807) is 0 Å². The number of ketones is 1. The molecule has 2 aromatic carbocycles. The molecule has 6 nitrogen and oxygen atoms in total. The minimum atomic E-state index is -4.60. The highest BCUT2D eigenvalue weighted by Gasteiger charge is 2.33. The molecule has 2 N–H and O–H groups in total. The van der Waals surface area contributed by atoms with Crippen LogP contribution in [0.5, 0.6) is 0 Å². The summed E-state index contributed by atoms with van der Waals surface area (Å²) in [7, 11) is 0. The molecule has 1 aromatic heterocycles. The molecule has 0 unspecified atom stereocenters. The van der Waals surface area contributed by atoms with Crippen molar-refractivity contribution < 1.29 is 22.8 Å². The number of amides is 1. The fraction of sp³-hybridized carbons (Fsp3) is 0.333. The van der Waals surface area contributed by atoms with Gasteiger partial charge < -0.3 is 10.3 Å². The van der Waals surface area contributed by atoms with Gasteiger partial charge in [-0.25, -0.2) is 0 Å². The molecule has 1 saturated heterocycles. The molecule has 1 amide bonds. The van der Waals surface area contributed by atoms with E-state index in [9.17, 15) is 22.8 Å². The van der Waals surface area contributed by atoms with Crippen LogP contribution in [0.4, 0.5) is 18.9 Å². The number of rotatable bonds is 6. The monoisotopic (exact) mass is 492 g/mol. The molecule has 3 aromatic rings. The Morgan fingerprint density at radius 1 is 1.03 bits per heavy atom. The number of aromatic nitrogens is 1. The second-order valence-electron chi connectivity index (χ2n) is 8.39. The number of anilines is 1. The fourth-order valence-electron chi connectivity index (χ4n) is 4.25. The van der Waals surface area contributed by atoms with E-state index in [1.165, 1.54) is 6.07 Å². The zero-order chi connectivity index (χ0) is 24.5. The van der Waals surface area contributed by atoms with Gasteiger partial charge in [-0.05, 0) is 31.2 Å². The van der Waals surface area contributed by atoms with Gasteiger partial charge in [0, 0.05) is 54.0 Å². The molecule has 180 valence electrons. The zero-order valence-corrected chi connectivity index (χ0v) is 19.3. The number of nitrogens with one attached hydrogen (secondary N) is 2. The Morgan fingerprint density at radius 2 is 1.68 bits per heavy atom. The molecule has 0 bridgehead atoms. The van der Waals surface area contributed by atoms with Crippen molar-refractivity contribution >= 4 is 39.9 Å². The lowest BCUT2D eigenvalue weighted by atomic mass is 10.1. The minimum absolute atomic E-state index is 0.0417. The summed E-state index contributed by atoms with van der Waals surface area (Å²) in [5.74, 6) is -0.362. The molecule has 1 fully saturated rings. The summed E-state index contributed by atoms with van der Waals surface area (Å²) in [6.07, 6.45) is -4.60. The van der Waals surface area contributed by atoms with Crippen molar-refractivity contribution in [3.8, 4) is 0 Å². The second-order valence-corrected chi connectivity index (χ2v) is 8.79. The number of hydrogen-bond donors (Lipinski definition) is 2. The van der Waals surface area contributed by atoms with Crippen LogP contribution >= 0.6 is 11.6 Å². The molecule has 1 aliphatic rings. The van der Waals surface area contributed by atoms with E-state index in [-0.39, 0.29) is 24.6 Å². The lowest BCUT2D eigenvalue weighted by molar-refractivity contribution is -0.137. The standard InChI is InChI=1S/C24H24ClF3N4O2/c1-15-23(17-4-2-3-5-20(17)29-15)21(33)13-31-8-10-32(11-9-31)14-22(34)30-16-6-7-19(25)18(12-16)24(26,27)28/h2-7,12,29H,8-11,13-14H2,1H3,(H,30,34). The summed E-state index contributed by atoms with van der Waals surface area (Å²) < 4.78 is 39.1. The van der Waals surface area contributed by atoms with E-state index in [2.05, 4.69) is 10.3 Å². The average Bonchev–Trinajstić information content (AvgIpc) is 3.11. The Kier molecular flexibility index (Phi) is 6.97. The number of aromatic amines is 1. The Balaban J connectivity index is 1.29. The molecule has 0 aliphatic carbocycles. The fourth-order valence-corrected chi connectivity index (χ4v) is 4.47. The number of Topliss-reactive ketones (excluding diaryl/α,β-unsaturated/α-hetero) is 1. The number of carbonyl (C=O) groups excluding carboxylic acids is 2. The van der Waals surface area contributed by atoms with Crippen LogP contribution < -0.4 is 5.32 Å². The highest BCUT2D eigenvalue weighted by molar-refractivity contribution is 6.31. The summed E-state index contributed by atoms with van der Waals surface area (Å²) in [6, 6.07) is 11.0. The third kappa shape index (κ3) is 5.43. The number of nitrogens with zero attached hydrogens (tertiary/aromatic N) is 2. The lowest BCUT2D eigenvalue weighted by Gasteiger charge is -2.33. The topological polar surface area (TPSA) is 68.4 Å². The average molecular weight is 493 g/mol. The van der Waals surface area contributed by atoms with Gasteiger partial charge in [0.05, 0.1) is 23.7 Å². The highest BCUT2D eigenvalue weighted by atomic mass is 35.5. The molecule has 34 heavy (non-hydrogen) atoms. The molecule has 2 heterocycles. The Bertz CT molecular complexity index is 1220. The first-order valence-electron chi connectivity index (χ1n) is 10.8. The van der Waals surface area contributed by atoms with Crippen LogP contribution in [0.3, 0.4) is 0 Å². The number of alkyl halides is 3. The molecular weight excluding hydrogens is 469 g/mol. The summed E-state index contributed by atoms with van der Waals surface area (Å²) in [5, 5.41) is 3.00. The first-order chi connectivity index (χ1) is 16.1. The Hall–Kier alpha value is -2.88. The summed E-state index contributed by atoms with van der Waals surface area (Å²) in [4.78, 5) is 32.5. The lowest BCUT2D eigenvalue weighted by Crippen LogP contribution is -2.49. The van der Waals surface area contributed by atoms with Crippen molar-refractivity contribution in [2.24, 2.45) is 0 Å². The molecule has 4 rings (SSSR count). The van der Waals surface area contributed by atoms with Gasteiger partial charge in [-0.1, -0.05) is 29.8 Å². The van der Waals surface area contributed by atoms with E-state index in [0.717, 1.165) is 28.7 Å². The van der Waals surface area contributed by atoms with Crippen LogP contribution in [0.15, 0.2) is 42.5 Å². The van der Waals surface area contributed by atoms with Crippen molar-refractivity contribution in [2.75, 3.05) is 44.6 Å². The Morgan fingerprint density at radius 3 is 2.35 bits per heavy atom. The van der Waals surface area contributed by atoms with Gasteiger partial charge in [0.1, 0.15) is 0 Å². The third-order valence-corrected chi connectivity index (χ3v) is 6.26. The van der Waals surface area contributed by atoms with Gasteiger partial charge >= 0.3 is 6.18 Å². The normalized spacial score (nSPS) is 15.6. The van der Waals surface area contributed by atoms with Crippen LogP contribution in [0, 0.1) is 6.92 Å². The number of fused-ring (bicyclic) bond motifs is 1. The highest BCUT2D eigenvalue weighted by Crippen LogP contribution is 2.36. The quantitative estimate of drug-likeness (QED) is 0.494. The molecule has 0 atom stereocenters.